The van der Waals surface area contributed by atoms with Crippen molar-refractivity contribution in [2.45, 2.75) is 30.2 Å². The average Bonchev–Trinajstić information content (AvgIpc) is 2.40. The molecular weight excluding hydrogens is 159 g/mol. The van der Waals surface area contributed by atoms with Crippen LogP contribution in [0.2, 0.25) is 0 Å². The number of hydrogen-bond acceptors (Lipinski definition) is 4. The largest absolute Gasteiger partial charge is 0.393 e. The molecule has 0 saturated carbocycles. The van der Waals surface area contributed by atoms with E-state index in [-0.39, 0.29) is 13.2 Å². The fourth-order valence-corrected chi connectivity index (χ4v) is 1.83. The lowest BCUT2D eigenvalue weighted by Crippen LogP contribution is -2.44. The zero-order chi connectivity index (χ0) is 8.98. The van der Waals surface area contributed by atoms with Crippen LogP contribution in [0.15, 0.2) is 0 Å². The van der Waals surface area contributed by atoms with Crippen LogP contribution < -0.4 is 0 Å². The molecule has 12 heavy (non-hydrogen) atoms. The Morgan fingerprint density at radius 1 is 1.67 bits per heavy atom. The van der Waals surface area contributed by atoms with Gasteiger partial charge in [0.1, 0.15) is 25.2 Å². The predicted octanol–water partition coefficient (Wildman–Crippen LogP) is -1.61. The van der Waals surface area contributed by atoms with Gasteiger partial charge >= 0.3 is 0 Å². The third kappa shape index (κ3) is 0.725. The summed E-state index contributed by atoms with van der Waals surface area (Å²) in [5, 5.41) is 18.7. The molecule has 2 rings (SSSR count). The maximum Gasteiger partial charge on any atom is 0.142 e. The van der Waals surface area contributed by atoms with Gasteiger partial charge < -0.3 is 19.7 Å². The molecule has 2 aliphatic heterocycles. The van der Waals surface area contributed by atoms with Gasteiger partial charge in [0.25, 0.3) is 0 Å². The molecule has 5 heteroatoms. The van der Waals surface area contributed by atoms with Gasteiger partial charge in [-0.15, -0.1) is 0 Å². The van der Waals surface area contributed by atoms with Crippen molar-refractivity contribution in [3.05, 3.63) is 0 Å². The third-order valence-corrected chi connectivity index (χ3v) is 2.86. The highest BCUT2D eigenvalue weighted by molar-refractivity contribution is 6.12. The van der Waals surface area contributed by atoms with E-state index in [2.05, 4.69) is 0 Å². The maximum atomic E-state index is 9.72. The molecule has 0 aromatic rings. The summed E-state index contributed by atoms with van der Waals surface area (Å²) in [6.45, 7) is 1.62. The molecule has 0 unspecified atom stereocenters. The molecule has 2 radical (unpaired) electrons. The van der Waals surface area contributed by atoms with Crippen molar-refractivity contribution in [1.82, 2.24) is 0 Å². The van der Waals surface area contributed by atoms with E-state index in [4.69, 9.17) is 22.4 Å². The standard InChI is InChI=1S/C7H11BO4/c1-6-4(10)7(2-9,3-11-6)12-5(6)8/h4-5,9-10H,2-3H2,1H3/t4-,5+,6+,7-/m0/s1. The van der Waals surface area contributed by atoms with Crippen molar-refractivity contribution in [1.29, 1.82) is 0 Å². The zero-order valence-electron chi connectivity index (χ0n) is 6.86. The van der Waals surface area contributed by atoms with Crippen LogP contribution in [0.5, 0.6) is 0 Å². The number of fused-ring (bicyclic) bond motifs is 2. The van der Waals surface area contributed by atoms with E-state index in [0.29, 0.717) is 0 Å². The van der Waals surface area contributed by atoms with E-state index in [1.54, 1.807) is 6.92 Å². The molecule has 2 bridgehead atoms. The highest BCUT2D eigenvalue weighted by Crippen LogP contribution is 2.45. The molecule has 4 nitrogen and oxygen atoms in total. The summed E-state index contributed by atoms with van der Waals surface area (Å²) >= 11 is 0. The number of rotatable bonds is 1. The fourth-order valence-electron chi connectivity index (χ4n) is 1.83. The minimum atomic E-state index is -0.992. The Morgan fingerprint density at radius 2 is 2.33 bits per heavy atom. The van der Waals surface area contributed by atoms with E-state index >= 15 is 0 Å². The van der Waals surface area contributed by atoms with Gasteiger partial charge in [-0.2, -0.15) is 0 Å². The average molecular weight is 170 g/mol. The first-order chi connectivity index (χ1) is 5.55. The van der Waals surface area contributed by atoms with E-state index in [9.17, 15) is 5.11 Å². The normalized spacial score (nSPS) is 57.9. The Kier molecular flexibility index (Phi) is 1.58. The molecule has 2 saturated heterocycles. The van der Waals surface area contributed by atoms with Crippen molar-refractivity contribution in [2.75, 3.05) is 13.2 Å². The lowest BCUT2D eigenvalue weighted by Gasteiger charge is -2.30. The van der Waals surface area contributed by atoms with Crippen LogP contribution >= 0.6 is 0 Å². The first-order valence-electron chi connectivity index (χ1n) is 3.91. The van der Waals surface area contributed by atoms with Crippen LogP contribution in [-0.2, 0) is 9.47 Å². The Bertz CT molecular complexity index is 212. The highest BCUT2D eigenvalue weighted by atomic mass is 16.6. The minimum Gasteiger partial charge on any atom is -0.393 e. The molecule has 66 valence electrons. The Morgan fingerprint density at radius 3 is 2.58 bits per heavy atom. The maximum absolute atomic E-state index is 9.72. The van der Waals surface area contributed by atoms with E-state index in [1.807, 2.05) is 0 Å². The molecule has 4 atom stereocenters. The SMILES string of the molecule is [B][C@@H]1O[C@@]2(CO)CO[C@]1(C)[C@@H]2O. The van der Waals surface area contributed by atoms with Crippen LogP contribution in [0.3, 0.4) is 0 Å². The van der Waals surface area contributed by atoms with Crippen molar-refractivity contribution < 1.29 is 19.7 Å². The summed E-state index contributed by atoms with van der Waals surface area (Å²) in [5.41, 5.74) is -1.85. The third-order valence-electron chi connectivity index (χ3n) is 2.86. The monoisotopic (exact) mass is 170 g/mol. The molecule has 2 heterocycles. The van der Waals surface area contributed by atoms with Gasteiger partial charge in [-0.05, 0) is 6.92 Å². The number of hydrogen-bond donors (Lipinski definition) is 2. The Hall–Kier alpha value is -0.0951. The molecule has 0 aromatic carbocycles. The first-order valence-corrected chi connectivity index (χ1v) is 3.91. The summed E-state index contributed by atoms with van der Waals surface area (Å²) in [4.78, 5) is 0. The Labute approximate surface area is 71.9 Å². The van der Waals surface area contributed by atoms with Crippen LogP contribution in [-0.4, -0.2) is 54.6 Å². The molecule has 2 fully saturated rings. The second kappa shape index (κ2) is 2.23. The van der Waals surface area contributed by atoms with Gasteiger partial charge in [-0.25, -0.2) is 0 Å². The molecule has 0 aliphatic carbocycles. The number of aliphatic hydroxyl groups is 2. The molecule has 2 N–H and O–H groups in total. The van der Waals surface area contributed by atoms with Crippen molar-refractivity contribution in [3.8, 4) is 0 Å². The van der Waals surface area contributed by atoms with E-state index < -0.39 is 23.3 Å². The van der Waals surface area contributed by atoms with Gasteiger partial charge in [0.15, 0.2) is 0 Å². The van der Waals surface area contributed by atoms with Gasteiger partial charge in [0, 0.05) is 6.00 Å². The van der Waals surface area contributed by atoms with E-state index in [1.165, 1.54) is 0 Å². The fraction of sp³-hybridized carbons (Fsp3) is 1.00. The second-order valence-corrected chi connectivity index (χ2v) is 3.64. The van der Waals surface area contributed by atoms with Crippen LogP contribution in [0.1, 0.15) is 6.92 Å². The number of aliphatic hydroxyl groups excluding tert-OH is 2. The molecule has 0 amide bonds. The minimum absolute atomic E-state index is 0.203. The van der Waals surface area contributed by atoms with Gasteiger partial charge in [-0.1, -0.05) is 0 Å². The molecule has 0 spiro atoms. The summed E-state index contributed by atoms with van der Waals surface area (Å²) in [5.74, 6) is 0. The zero-order valence-corrected chi connectivity index (χ0v) is 6.86. The van der Waals surface area contributed by atoms with Crippen molar-refractivity contribution in [2.24, 2.45) is 0 Å². The van der Waals surface area contributed by atoms with Crippen LogP contribution in [0, 0.1) is 0 Å². The van der Waals surface area contributed by atoms with Crippen LogP contribution in [0.4, 0.5) is 0 Å². The first kappa shape index (κ1) is 8.50. The summed E-state index contributed by atoms with van der Waals surface area (Å²) in [7, 11) is 5.59. The van der Waals surface area contributed by atoms with Gasteiger partial charge in [0.05, 0.1) is 13.2 Å². The molecule has 2 aliphatic rings. The van der Waals surface area contributed by atoms with Gasteiger partial charge in [-0.3, -0.25) is 0 Å². The highest BCUT2D eigenvalue weighted by Gasteiger charge is 2.65. The Balaban J connectivity index is 2.34. The quantitative estimate of drug-likeness (QED) is 0.465. The summed E-state index contributed by atoms with van der Waals surface area (Å²) < 4.78 is 10.6. The number of ether oxygens (including phenoxy) is 2. The second-order valence-electron chi connectivity index (χ2n) is 3.64. The molecular formula is C7H11BO4. The van der Waals surface area contributed by atoms with Crippen molar-refractivity contribution >= 4 is 7.85 Å². The molecule has 0 aromatic heterocycles. The lowest BCUT2D eigenvalue weighted by molar-refractivity contribution is -0.157. The van der Waals surface area contributed by atoms with Crippen molar-refractivity contribution in [3.63, 3.8) is 0 Å². The van der Waals surface area contributed by atoms with Crippen LogP contribution in [0.25, 0.3) is 0 Å². The topological polar surface area (TPSA) is 58.9 Å². The smallest absolute Gasteiger partial charge is 0.142 e. The van der Waals surface area contributed by atoms with Gasteiger partial charge in [0.2, 0.25) is 0 Å². The summed E-state index contributed by atoms with van der Waals surface area (Å²) in [6, 6.07) is -0.659. The lowest BCUT2D eigenvalue weighted by atomic mass is 9.81. The van der Waals surface area contributed by atoms with E-state index in [0.717, 1.165) is 0 Å². The predicted molar refractivity (Wildman–Crippen MR) is 40.8 cm³/mol. The summed E-state index contributed by atoms with van der Waals surface area (Å²) in [6.07, 6.45) is -0.843.